The number of nitrogens with one attached hydrogen (secondary N) is 2. The standard InChI is InChI=1S/C17H23N5O2/c1-22(2)12-6-10-18-17-19-11-9-14(21-17)16(23)20-13-7-4-5-8-15(13)24-3/h4-5,7-9,11H,6,10,12H2,1-3H3,(H,20,23)(H,18,19,21). The topological polar surface area (TPSA) is 79.4 Å². The van der Waals surface area contributed by atoms with E-state index in [-0.39, 0.29) is 5.91 Å². The SMILES string of the molecule is COc1ccccc1NC(=O)c1ccnc(NCCCN(C)C)n1. The lowest BCUT2D eigenvalue weighted by molar-refractivity contribution is 0.102. The third-order valence-electron chi connectivity index (χ3n) is 3.31. The quantitative estimate of drug-likeness (QED) is 0.722. The first-order chi connectivity index (χ1) is 11.6. The number of carbonyl (C=O) groups excluding carboxylic acids is 1. The Morgan fingerprint density at radius 2 is 2.04 bits per heavy atom. The Labute approximate surface area is 142 Å². The van der Waals surface area contributed by atoms with E-state index in [4.69, 9.17) is 4.74 Å². The molecule has 2 rings (SSSR count). The fourth-order valence-corrected chi connectivity index (χ4v) is 2.10. The predicted octanol–water partition coefficient (Wildman–Crippen LogP) is 2.10. The van der Waals surface area contributed by atoms with Crippen molar-refractivity contribution < 1.29 is 9.53 Å². The largest absolute Gasteiger partial charge is 0.495 e. The molecule has 0 aliphatic rings. The number of ether oxygens (including phenoxy) is 1. The molecule has 0 saturated heterocycles. The summed E-state index contributed by atoms with van der Waals surface area (Å²) in [5.74, 6) is 0.738. The molecule has 0 fully saturated rings. The highest BCUT2D eigenvalue weighted by molar-refractivity contribution is 6.03. The Kier molecular flexibility index (Phi) is 6.51. The molecule has 128 valence electrons. The smallest absolute Gasteiger partial charge is 0.274 e. The Bertz CT molecular complexity index is 676. The van der Waals surface area contributed by atoms with Crippen LogP contribution >= 0.6 is 0 Å². The van der Waals surface area contributed by atoms with Crippen molar-refractivity contribution in [2.75, 3.05) is 44.9 Å². The highest BCUT2D eigenvalue weighted by Gasteiger charge is 2.11. The summed E-state index contributed by atoms with van der Waals surface area (Å²) in [6, 6.07) is 8.81. The number of aromatic nitrogens is 2. The molecule has 1 aromatic heterocycles. The molecule has 0 bridgehead atoms. The summed E-state index contributed by atoms with van der Waals surface area (Å²) in [4.78, 5) is 22.9. The maximum Gasteiger partial charge on any atom is 0.274 e. The first kappa shape index (κ1) is 17.7. The van der Waals surface area contributed by atoms with Crippen LogP contribution in [-0.2, 0) is 0 Å². The van der Waals surface area contributed by atoms with Gasteiger partial charge in [-0.25, -0.2) is 9.97 Å². The number of amides is 1. The van der Waals surface area contributed by atoms with E-state index in [1.54, 1.807) is 31.5 Å². The number of nitrogens with zero attached hydrogens (tertiary/aromatic N) is 3. The van der Waals surface area contributed by atoms with Crippen molar-refractivity contribution in [3.63, 3.8) is 0 Å². The van der Waals surface area contributed by atoms with Crippen molar-refractivity contribution in [1.29, 1.82) is 0 Å². The van der Waals surface area contributed by atoms with Gasteiger partial charge in [-0.15, -0.1) is 0 Å². The molecular formula is C17H23N5O2. The van der Waals surface area contributed by atoms with E-state index >= 15 is 0 Å². The van der Waals surface area contributed by atoms with Gasteiger partial charge >= 0.3 is 0 Å². The van der Waals surface area contributed by atoms with Crippen LogP contribution < -0.4 is 15.4 Å². The van der Waals surface area contributed by atoms with E-state index in [0.29, 0.717) is 23.1 Å². The second kappa shape index (κ2) is 8.83. The van der Waals surface area contributed by atoms with Gasteiger partial charge in [-0.1, -0.05) is 12.1 Å². The van der Waals surface area contributed by atoms with Gasteiger partial charge in [0, 0.05) is 12.7 Å². The summed E-state index contributed by atoms with van der Waals surface area (Å²) in [5.41, 5.74) is 0.898. The van der Waals surface area contributed by atoms with E-state index in [1.165, 1.54) is 0 Å². The van der Waals surface area contributed by atoms with Gasteiger partial charge < -0.3 is 20.3 Å². The van der Waals surface area contributed by atoms with Gasteiger partial charge in [0.05, 0.1) is 12.8 Å². The lowest BCUT2D eigenvalue weighted by Crippen LogP contribution is -2.18. The Morgan fingerprint density at radius 1 is 1.25 bits per heavy atom. The maximum absolute atomic E-state index is 12.4. The Balaban J connectivity index is 1.98. The van der Waals surface area contributed by atoms with E-state index < -0.39 is 0 Å². The van der Waals surface area contributed by atoms with Crippen LogP contribution in [0.1, 0.15) is 16.9 Å². The third-order valence-corrected chi connectivity index (χ3v) is 3.31. The van der Waals surface area contributed by atoms with Crippen LogP contribution in [-0.4, -0.2) is 55.1 Å². The molecule has 1 amide bonds. The molecule has 0 aliphatic heterocycles. The molecule has 7 nitrogen and oxygen atoms in total. The first-order valence-electron chi connectivity index (χ1n) is 7.76. The number of benzene rings is 1. The molecule has 0 atom stereocenters. The molecule has 24 heavy (non-hydrogen) atoms. The monoisotopic (exact) mass is 329 g/mol. The third kappa shape index (κ3) is 5.20. The molecule has 0 unspecified atom stereocenters. The van der Waals surface area contributed by atoms with E-state index in [2.05, 4.69) is 25.5 Å². The van der Waals surface area contributed by atoms with Crippen LogP contribution in [0.3, 0.4) is 0 Å². The van der Waals surface area contributed by atoms with Crippen molar-refractivity contribution in [1.82, 2.24) is 14.9 Å². The Morgan fingerprint density at radius 3 is 2.79 bits per heavy atom. The Hall–Kier alpha value is -2.67. The first-order valence-corrected chi connectivity index (χ1v) is 7.76. The molecule has 1 aromatic carbocycles. The van der Waals surface area contributed by atoms with Gasteiger partial charge in [0.15, 0.2) is 0 Å². The molecule has 2 N–H and O–H groups in total. The van der Waals surface area contributed by atoms with Crippen molar-refractivity contribution >= 4 is 17.5 Å². The van der Waals surface area contributed by atoms with Gasteiger partial charge in [0.1, 0.15) is 11.4 Å². The fraction of sp³-hybridized carbons (Fsp3) is 0.353. The van der Waals surface area contributed by atoms with Crippen molar-refractivity contribution in [2.45, 2.75) is 6.42 Å². The summed E-state index contributed by atoms with van der Waals surface area (Å²) in [7, 11) is 5.62. The molecule has 0 spiro atoms. The molecule has 1 heterocycles. The fourth-order valence-electron chi connectivity index (χ4n) is 2.10. The summed E-state index contributed by atoms with van der Waals surface area (Å²) in [6.07, 6.45) is 2.53. The number of hydrogen-bond acceptors (Lipinski definition) is 6. The summed E-state index contributed by atoms with van der Waals surface area (Å²) in [5, 5.41) is 5.93. The molecule has 7 heteroatoms. The van der Waals surface area contributed by atoms with Crippen molar-refractivity contribution in [3.8, 4) is 5.75 Å². The van der Waals surface area contributed by atoms with Crippen LogP contribution in [0, 0.1) is 0 Å². The normalized spacial score (nSPS) is 10.5. The van der Waals surface area contributed by atoms with Crippen LogP contribution in [0.2, 0.25) is 0 Å². The zero-order chi connectivity index (χ0) is 17.4. The summed E-state index contributed by atoms with van der Waals surface area (Å²) >= 11 is 0. The number of carbonyl (C=O) groups is 1. The molecule has 0 radical (unpaired) electrons. The van der Waals surface area contributed by atoms with Crippen LogP contribution in [0.5, 0.6) is 5.75 Å². The maximum atomic E-state index is 12.4. The van der Waals surface area contributed by atoms with Gasteiger partial charge in [-0.05, 0) is 45.3 Å². The number of rotatable bonds is 8. The van der Waals surface area contributed by atoms with Crippen molar-refractivity contribution in [2.24, 2.45) is 0 Å². The molecular weight excluding hydrogens is 306 g/mol. The minimum Gasteiger partial charge on any atom is -0.495 e. The van der Waals surface area contributed by atoms with Crippen molar-refractivity contribution in [3.05, 3.63) is 42.2 Å². The second-order valence-electron chi connectivity index (χ2n) is 5.50. The van der Waals surface area contributed by atoms with E-state index in [9.17, 15) is 4.79 Å². The zero-order valence-corrected chi connectivity index (χ0v) is 14.2. The van der Waals surface area contributed by atoms with Gasteiger partial charge in [0.2, 0.25) is 5.95 Å². The number of methoxy groups -OCH3 is 1. The second-order valence-corrected chi connectivity index (χ2v) is 5.50. The zero-order valence-electron chi connectivity index (χ0n) is 14.2. The van der Waals surface area contributed by atoms with Gasteiger partial charge in [-0.3, -0.25) is 4.79 Å². The highest BCUT2D eigenvalue weighted by Crippen LogP contribution is 2.23. The predicted molar refractivity (Wildman–Crippen MR) is 94.6 cm³/mol. The molecule has 2 aromatic rings. The van der Waals surface area contributed by atoms with Crippen LogP contribution in [0.25, 0.3) is 0 Å². The summed E-state index contributed by atoms with van der Waals surface area (Å²) < 4.78 is 5.23. The lowest BCUT2D eigenvalue weighted by Gasteiger charge is -2.11. The number of para-hydroxylation sites is 2. The summed E-state index contributed by atoms with van der Waals surface area (Å²) in [6.45, 7) is 1.72. The van der Waals surface area contributed by atoms with E-state index in [1.807, 2.05) is 26.2 Å². The van der Waals surface area contributed by atoms with Gasteiger partial charge in [0.25, 0.3) is 5.91 Å². The average Bonchev–Trinajstić information content (AvgIpc) is 2.59. The van der Waals surface area contributed by atoms with Crippen LogP contribution in [0.4, 0.5) is 11.6 Å². The number of hydrogen-bond donors (Lipinski definition) is 2. The minimum absolute atomic E-state index is 0.297. The molecule has 0 aliphatic carbocycles. The van der Waals surface area contributed by atoms with E-state index in [0.717, 1.165) is 19.5 Å². The van der Waals surface area contributed by atoms with Crippen LogP contribution in [0.15, 0.2) is 36.5 Å². The van der Waals surface area contributed by atoms with Gasteiger partial charge in [-0.2, -0.15) is 0 Å². The average molecular weight is 329 g/mol. The highest BCUT2D eigenvalue weighted by atomic mass is 16.5. The lowest BCUT2D eigenvalue weighted by atomic mass is 10.2. The minimum atomic E-state index is -0.307. The molecule has 0 saturated carbocycles. The number of anilines is 2.